The fourth-order valence-electron chi connectivity index (χ4n) is 1.93. The summed E-state index contributed by atoms with van der Waals surface area (Å²) in [5.41, 5.74) is 1.71. The molecule has 0 unspecified atom stereocenters. The third-order valence-electron chi connectivity index (χ3n) is 2.94. The monoisotopic (exact) mass is 392 g/mol. The van der Waals surface area contributed by atoms with E-state index in [0.29, 0.717) is 15.6 Å². The maximum atomic E-state index is 6.22. The summed E-state index contributed by atoms with van der Waals surface area (Å²) in [6.45, 7) is 0. The highest BCUT2D eigenvalue weighted by atomic mass is 79.9. The minimum absolute atomic E-state index is 0.404. The molecule has 1 heterocycles. The Morgan fingerprint density at radius 2 is 2.05 bits per heavy atom. The highest BCUT2D eigenvalue weighted by Crippen LogP contribution is 2.25. The van der Waals surface area contributed by atoms with Crippen LogP contribution in [0.1, 0.15) is 5.56 Å². The number of halogens is 2. The average Bonchev–Trinajstić information content (AvgIpc) is 2.87. The van der Waals surface area contributed by atoms with E-state index in [2.05, 4.69) is 31.2 Å². The van der Waals surface area contributed by atoms with Gasteiger partial charge >= 0.3 is 0 Å². The van der Waals surface area contributed by atoms with Gasteiger partial charge in [0.2, 0.25) is 4.77 Å². The van der Waals surface area contributed by atoms with Crippen molar-refractivity contribution in [1.29, 1.82) is 0 Å². The van der Waals surface area contributed by atoms with Gasteiger partial charge in [-0.3, -0.25) is 0 Å². The highest BCUT2D eigenvalue weighted by molar-refractivity contribution is 9.10. The molecule has 0 saturated heterocycles. The van der Waals surface area contributed by atoms with Crippen LogP contribution in [-0.2, 0) is 0 Å². The molecule has 3 rings (SSSR count). The molecule has 7 heteroatoms. The molecule has 0 bridgehead atoms. The highest BCUT2D eigenvalue weighted by Gasteiger charge is 2.11. The van der Waals surface area contributed by atoms with Gasteiger partial charge in [0.25, 0.3) is 0 Å². The van der Waals surface area contributed by atoms with Crippen LogP contribution in [0.4, 0.5) is 0 Å². The summed E-state index contributed by atoms with van der Waals surface area (Å²) >= 11 is 14.9. The molecule has 1 N–H and O–H groups in total. The second kappa shape index (κ2) is 6.56. The summed E-state index contributed by atoms with van der Waals surface area (Å²) in [6.07, 6.45) is 1.72. The quantitative estimate of drug-likeness (QED) is 0.508. The van der Waals surface area contributed by atoms with Gasteiger partial charge in [-0.05, 0) is 42.0 Å². The van der Waals surface area contributed by atoms with Gasteiger partial charge in [0.15, 0.2) is 5.82 Å². The van der Waals surface area contributed by atoms with E-state index in [9.17, 15) is 0 Å². The largest absolute Gasteiger partial charge is 0.250 e. The van der Waals surface area contributed by atoms with E-state index in [1.807, 2.05) is 42.5 Å². The summed E-state index contributed by atoms with van der Waals surface area (Å²) in [5, 5.41) is 12.0. The fourth-order valence-corrected chi connectivity index (χ4v) is 2.74. The average molecular weight is 394 g/mol. The lowest BCUT2D eigenvalue weighted by atomic mass is 10.2. The number of hydrogen-bond acceptors (Lipinski definition) is 3. The van der Waals surface area contributed by atoms with Gasteiger partial charge in [-0.1, -0.05) is 51.8 Å². The molecule has 1 aromatic heterocycles. The molecule has 0 atom stereocenters. The zero-order valence-corrected chi connectivity index (χ0v) is 14.4. The Morgan fingerprint density at radius 3 is 2.82 bits per heavy atom. The fraction of sp³-hybridized carbons (Fsp3) is 0. The molecular weight excluding hydrogens is 384 g/mol. The van der Waals surface area contributed by atoms with Crippen molar-refractivity contribution in [2.45, 2.75) is 0 Å². The first-order valence-electron chi connectivity index (χ1n) is 6.37. The SMILES string of the molecule is S=c1[nH]nc(-c2ccccc2Cl)n1/N=C\c1cccc(Br)c1. The van der Waals surface area contributed by atoms with Gasteiger partial charge in [-0.15, -0.1) is 0 Å². The van der Waals surface area contributed by atoms with Crippen LogP contribution in [0.3, 0.4) is 0 Å². The van der Waals surface area contributed by atoms with Gasteiger partial charge in [0.05, 0.1) is 11.2 Å². The number of aromatic amines is 1. The summed E-state index contributed by atoms with van der Waals surface area (Å²) in [4.78, 5) is 0. The smallest absolute Gasteiger partial charge is 0.216 e. The van der Waals surface area contributed by atoms with Crippen LogP contribution >= 0.6 is 39.7 Å². The summed E-state index contributed by atoms with van der Waals surface area (Å²) in [5.74, 6) is 0.571. The molecule has 4 nitrogen and oxygen atoms in total. The zero-order chi connectivity index (χ0) is 15.5. The molecule has 3 aromatic rings. The van der Waals surface area contributed by atoms with Crippen molar-refractivity contribution in [2.75, 3.05) is 0 Å². The van der Waals surface area contributed by atoms with E-state index in [1.54, 1.807) is 17.0 Å². The lowest BCUT2D eigenvalue weighted by Crippen LogP contribution is -1.95. The van der Waals surface area contributed by atoms with Crippen molar-refractivity contribution in [3.05, 3.63) is 68.4 Å². The van der Waals surface area contributed by atoms with E-state index in [0.717, 1.165) is 15.6 Å². The maximum absolute atomic E-state index is 6.22. The topological polar surface area (TPSA) is 46.0 Å². The molecule has 0 saturated carbocycles. The van der Waals surface area contributed by atoms with E-state index in [1.165, 1.54) is 0 Å². The molecule has 0 radical (unpaired) electrons. The second-order valence-electron chi connectivity index (χ2n) is 4.44. The molecule has 0 aliphatic carbocycles. The maximum Gasteiger partial charge on any atom is 0.216 e. The number of rotatable bonds is 3. The summed E-state index contributed by atoms with van der Waals surface area (Å²) in [6, 6.07) is 15.2. The molecule has 2 aromatic carbocycles. The first-order chi connectivity index (χ1) is 10.6. The number of benzene rings is 2. The number of H-pyrrole nitrogens is 1. The van der Waals surface area contributed by atoms with Crippen LogP contribution in [0.25, 0.3) is 11.4 Å². The Hall–Kier alpha value is -1.76. The number of nitrogens with one attached hydrogen (secondary N) is 1. The predicted molar refractivity (Wildman–Crippen MR) is 95.0 cm³/mol. The first kappa shape index (κ1) is 15.1. The van der Waals surface area contributed by atoms with Crippen LogP contribution in [-0.4, -0.2) is 21.1 Å². The van der Waals surface area contributed by atoms with Gasteiger partial charge in [0, 0.05) is 10.0 Å². The minimum Gasteiger partial charge on any atom is -0.250 e. The Labute approximate surface area is 145 Å². The number of aromatic nitrogens is 3. The van der Waals surface area contributed by atoms with E-state index in [4.69, 9.17) is 23.8 Å². The lowest BCUT2D eigenvalue weighted by Gasteiger charge is -2.03. The van der Waals surface area contributed by atoms with E-state index >= 15 is 0 Å². The lowest BCUT2D eigenvalue weighted by molar-refractivity contribution is 0.871. The minimum atomic E-state index is 0.404. The van der Waals surface area contributed by atoms with Crippen LogP contribution in [0.15, 0.2) is 58.1 Å². The summed E-state index contributed by atoms with van der Waals surface area (Å²) < 4.78 is 2.94. The van der Waals surface area contributed by atoms with Crippen LogP contribution in [0.5, 0.6) is 0 Å². The Kier molecular flexibility index (Phi) is 4.52. The normalized spacial score (nSPS) is 11.2. The standard InChI is InChI=1S/C15H10BrClN4S/c16-11-5-3-4-10(8-11)9-18-21-14(19-20-15(21)22)12-6-1-2-7-13(12)17/h1-9H,(H,20,22)/b18-9-. The Balaban J connectivity index is 2.04. The van der Waals surface area contributed by atoms with E-state index in [-0.39, 0.29) is 0 Å². The predicted octanol–water partition coefficient (Wildman–Crippen LogP) is 4.91. The molecule has 0 amide bonds. The van der Waals surface area contributed by atoms with Crippen molar-refractivity contribution >= 4 is 46.0 Å². The van der Waals surface area contributed by atoms with Crippen molar-refractivity contribution in [1.82, 2.24) is 14.9 Å². The van der Waals surface area contributed by atoms with Crippen LogP contribution < -0.4 is 0 Å². The van der Waals surface area contributed by atoms with Crippen molar-refractivity contribution in [3.63, 3.8) is 0 Å². The zero-order valence-electron chi connectivity index (χ0n) is 11.2. The van der Waals surface area contributed by atoms with Gasteiger partial charge in [-0.2, -0.15) is 14.9 Å². The third-order valence-corrected chi connectivity index (χ3v) is 4.02. The van der Waals surface area contributed by atoms with Gasteiger partial charge in [-0.25, -0.2) is 5.10 Å². The summed E-state index contributed by atoms with van der Waals surface area (Å²) in [7, 11) is 0. The van der Waals surface area contributed by atoms with Crippen molar-refractivity contribution in [2.24, 2.45) is 5.10 Å². The number of hydrogen-bond donors (Lipinski definition) is 1. The van der Waals surface area contributed by atoms with Gasteiger partial charge in [0.1, 0.15) is 0 Å². The van der Waals surface area contributed by atoms with Crippen molar-refractivity contribution < 1.29 is 0 Å². The number of nitrogens with zero attached hydrogens (tertiary/aromatic N) is 3. The first-order valence-corrected chi connectivity index (χ1v) is 7.95. The molecular formula is C15H10BrClN4S. The molecule has 110 valence electrons. The van der Waals surface area contributed by atoms with Crippen molar-refractivity contribution in [3.8, 4) is 11.4 Å². The Bertz CT molecular complexity index is 900. The second-order valence-corrected chi connectivity index (χ2v) is 6.15. The van der Waals surface area contributed by atoms with Crippen LogP contribution in [0.2, 0.25) is 5.02 Å². The van der Waals surface area contributed by atoms with E-state index < -0.39 is 0 Å². The van der Waals surface area contributed by atoms with Gasteiger partial charge < -0.3 is 0 Å². The molecule has 0 aliphatic heterocycles. The molecule has 0 aliphatic rings. The molecule has 0 fully saturated rings. The molecule has 22 heavy (non-hydrogen) atoms. The molecule has 0 spiro atoms. The third kappa shape index (κ3) is 3.19. The van der Waals surface area contributed by atoms with Crippen LogP contribution in [0, 0.1) is 4.77 Å². The Morgan fingerprint density at radius 1 is 1.23 bits per heavy atom.